The number of anilines is 1. The van der Waals surface area contributed by atoms with E-state index in [1.54, 1.807) is 30.3 Å². The zero-order valence-corrected chi connectivity index (χ0v) is 25.3. The van der Waals surface area contributed by atoms with Crippen molar-refractivity contribution in [3.63, 3.8) is 0 Å². The first-order valence-electron chi connectivity index (χ1n) is 13.2. The topological polar surface area (TPSA) is 86.8 Å². The number of sulfonamides is 1. The molecule has 0 aliphatic carbocycles. The van der Waals surface area contributed by atoms with E-state index in [4.69, 9.17) is 23.2 Å². The molecule has 0 fully saturated rings. The highest BCUT2D eigenvalue weighted by molar-refractivity contribution is 7.92. The number of amides is 2. The predicted octanol–water partition coefficient (Wildman–Crippen LogP) is 6.22. The Hall–Kier alpha value is -3.07. The van der Waals surface area contributed by atoms with Crippen molar-refractivity contribution < 1.29 is 18.0 Å². The van der Waals surface area contributed by atoms with Crippen LogP contribution in [0.15, 0.2) is 77.7 Å². The summed E-state index contributed by atoms with van der Waals surface area (Å²) in [4.78, 5) is 28.7. The van der Waals surface area contributed by atoms with Crippen LogP contribution in [0.3, 0.4) is 0 Å². The normalized spacial score (nSPS) is 12.0. The maximum Gasteiger partial charge on any atom is 0.264 e. The van der Waals surface area contributed by atoms with Crippen LogP contribution in [0.4, 0.5) is 5.69 Å². The van der Waals surface area contributed by atoms with Gasteiger partial charge in [-0.1, -0.05) is 97.6 Å². The van der Waals surface area contributed by atoms with Gasteiger partial charge in [-0.05, 0) is 49.6 Å². The number of nitrogens with zero attached hydrogens (tertiary/aromatic N) is 2. The fraction of sp³-hybridized carbons (Fsp3) is 0.333. The Bertz CT molecular complexity index is 1400. The largest absolute Gasteiger partial charge is 0.354 e. The minimum atomic E-state index is -4.23. The van der Waals surface area contributed by atoms with Gasteiger partial charge in [-0.25, -0.2) is 8.42 Å². The maximum atomic E-state index is 14.1. The number of aryl methyl sites for hydroxylation is 1. The number of benzene rings is 3. The number of nitrogens with one attached hydrogen (secondary N) is 1. The highest BCUT2D eigenvalue weighted by Crippen LogP contribution is 2.35. The quantitative estimate of drug-likeness (QED) is 0.235. The van der Waals surface area contributed by atoms with Gasteiger partial charge in [0.25, 0.3) is 10.0 Å². The summed E-state index contributed by atoms with van der Waals surface area (Å²) in [5.41, 5.74) is 1.95. The van der Waals surface area contributed by atoms with Crippen molar-refractivity contribution in [2.75, 3.05) is 17.4 Å². The fourth-order valence-corrected chi connectivity index (χ4v) is 6.13. The van der Waals surface area contributed by atoms with E-state index in [0.29, 0.717) is 13.0 Å². The summed E-state index contributed by atoms with van der Waals surface area (Å²) in [6.45, 7) is 5.85. The summed E-state index contributed by atoms with van der Waals surface area (Å²) in [7, 11) is -4.23. The van der Waals surface area contributed by atoms with Crippen LogP contribution in [0.2, 0.25) is 10.0 Å². The van der Waals surface area contributed by atoms with Crippen molar-refractivity contribution >= 4 is 50.7 Å². The number of carbonyl (C=O) groups is 2. The Morgan fingerprint density at radius 3 is 2.23 bits per heavy atom. The summed E-state index contributed by atoms with van der Waals surface area (Å²) in [5.74, 6) is -0.830. The van der Waals surface area contributed by atoms with E-state index in [0.717, 1.165) is 28.3 Å². The van der Waals surface area contributed by atoms with Gasteiger partial charge >= 0.3 is 0 Å². The van der Waals surface area contributed by atoms with Crippen LogP contribution < -0.4 is 9.62 Å². The van der Waals surface area contributed by atoms with Crippen LogP contribution in [0.25, 0.3) is 0 Å². The van der Waals surface area contributed by atoms with Crippen LogP contribution in [0.5, 0.6) is 0 Å². The standard InChI is InChI=1S/C30H35Cl2N3O4S/c1-4-6-19-33-30(37)26(5-2)34(20-23-17-15-22(3)16-18-23)28(36)21-35(27-14-10-13-25(31)29(27)32)40(38,39)24-11-8-7-9-12-24/h7-18,26H,4-6,19-21H2,1-3H3,(H,33,37)/t26-/m0/s1. The lowest BCUT2D eigenvalue weighted by molar-refractivity contribution is -0.140. The summed E-state index contributed by atoms with van der Waals surface area (Å²) in [5, 5.41) is 3.08. The molecule has 1 atom stereocenters. The lowest BCUT2D eigenvalue weighted by Gasteiger charge is -2.33. The van der Waals surface area contributed by atoms with Gasteiger partial charge in [-0.3, -0.25) is 13.9 Å². The molecular formula is C30H35Cl2N3O4S. The van der Waals surface area contributed by atoms with E-state index in [1.165, 1.54) is 23.1 Å². The fourth-order valence-electron chi connectivity index (χ4n) is 4.23. The van der Waals surface area contributed by atoms with Gasteiger partial charge in [0.15, 0.2) is 0 Å². The van der Waals surface area contributed by atoms with Crippen LogP contribution in [-0.4, -0.2) is 44.3 Å². The van der Waals surface area contributed by atoms with E-state index in [-0.39, 0.29) is 33.1 Å². The van der Waals surface area contributed by atoms with Gasteiger partial charge in [-0.15, -0.1) is 0 Å². The zero-order valence-electron chi connectivity index (χ0n) is 22.9. The number of hydrogen-bond donors (Lipinski definition) is 1. The van der Waals surface area contributed by atoms with Crippen molar-refractivity contribution in [1.82, 2.24) is 10.2 Å². The third-order valence-corrected chi connectivity index (χ3v) is 9.08. The molecule has 0 aliphatic heterocycles. The third-order valence-electron chi connectivity index (χ3n) is 6.50. The Morgan fingerprint density at radius 1 is 0.925 bits per heavy atom. The second kappa shape index (κ2) is 14.5. The lowest BCUT2D eigenvalue weighted by Crippen LogP contribution is -2.52. The van der Waals surface area contributed by atoms with Crippen molar-refractivity contribution in [2.24, 2.45) is 0 Å². The molecule has 0 aromatic heterocycles. The van der Waals surface area contributed by atoms with Gasteiger partial charge in [0.2, 0.25) is 11.8 Å². The molecule has 0 saturated heterocycles. The average molecular weight is 605 g/mol. The molecule has 0 aliphatic rings. The summed E-state index contributed by atoms with van der Waals surface area (Å²) >= 11 is 12.7. The van der Waals surface area contributed by atoms with Gasteiger partial charge < -0.3 is 10.2 Å². The number of hydrogen-bond acceptors (Lipinski definition) is 4. The van der Waals surface area contributed by atoms with Gasteiger partial charge in [0.1, 0.15) is 12.6 Å². The van der Waals surface area contributed by atoms with Crippen LogP contribution in [0, 0.1) is 6.92 Å². The highest BCUT2D eigenvalue weighted by atomic mass is 35.5. The molecule has 1 N–H and O–H groups in total. The van der Waals surface area contributed by atoms with E-state index in [9.17, 15) is 18.0 Å². The predicted molar refractivity (Wildman–Crippen MR) is 161 cm³/mol. The van der Waals surface area contributed by atoms with E-state index in [1.807, 2.05) is 45.0 Å². The molecule has 3 rings (SSSR count). The van der Waals surface area contributed by atoms with Crippen molar-refractivity contribution in [2.45, 2.75) is 57.5 Å². The van der Waals surface area contributed by atoms with E-state index in [2.05, 4.69) is 5.32 Å². The summed E-state index contributed by atoms with van der Waals surface area (Å²) < 4.78 is 28.7. The Morgan fingerprint density at radius 2 is 1.60 bits per heavy atom. The van der Waals surface area contributed by atoms with Crippen LogP contribution in [0.1, 0.15) is 44.2 Å². The van der Waals surface area contributed by atoms with Crippen LogP contribution >= 0.6 is 23.2 Å². The SMILES string of the molecule is CCCCNC(=O)[C@H](CC)N(Cc1ccc(C)cc1)C(=O)CN(c1cccc(Cl)c1Cl)S(=O)(=O)c1ccccc1. The van der Waals surface area contributed by atoms with Crippen molar-refractivity contribution in [3.8, 4) is 0 Å². The first kappa shape index (κ1) is 31.5. The third kappa shape index (κ3) is 7.77. The van der Waals surface area contributed by atoms with E-state index < -0.39 is 28.5 Å². The molecule has 0 bridgehead atoms. The average Bonchev–Trinajstić information content (AvgIpc) is 2.95. The molecule has 2 amide bonds. The first-order valence-corrected chi connectivity index (χ1v) is 15.4. The van der Waals surface area contributed by atoms with E-state index >= 15 is 0 Å². The first-order chi connectivity index (χ1) is 19.1. The minimum Gasteiger partial charge on any atom is -0.354 e. The van der Waals surface area contributed by atoms with Crippen molar-refractivity contribution in [1.29, 1.82) is 0 Å². The number of unbranched alkanes of at least 4 members (excludes halogenated alkanes) is 1. The number of carbonyl (C=O) groups excluding carboxylic acids is 2. The molecule has 0 heterocycles. The number of rotatable bonds is 13. The summed E-state index contributed by atoms with van der Waals surface area (Å²) in [6, 6.07) is 19.3. The molecule has 214 valence electrons. The Labute approximate surface area is 247 Å². The molecule has 0 saturated carbocycles. The molecule has 7 nitrogen and oxygen atoms in total. The highest BCUT2D eigenvalue weighted by Gasteiger charge is 2.34. The molecule has 3 aromatic carbocycles. The molecule has 3 aromatic rings. The molecular weight excluding hydrogens is 569 g/mol. The molecule has 0 spiro atoms. The molecule has 0 radical (unpaired) electrons. The maximum absolute atomic E-state index is 14.1. The number of halogens is 2. The second-order valence-corrected chi connectivity index (χ2v) is 12.1. The molecule has 10 heteroatoms. The Kier molecular flexibility index (Phi) is 11.4. The van der Waals surface area contributed by atoms with Crippen LogP contribution in [-0.2, 0) is 26.2 Å². The van der Waals surface area contributed by atoms with Gasteiger partial charge in [0.05, 0.1) is 20.6 Å². The second-order valence-electron chi connectivity index (χ2n) is 9.47. The smallest absolute Gasteiger partial charge is 0.264 e. The van der Waals surface area contributed by atoms with Gasteiger partial charge in [-0.2, -0.15) is 0 Å². The minimum absolute atomic E-state index is 0.00547. The lowest BCUT2D eigenvalue weighted by atomic mass is 10.1. The Balaban J connectivity index is 2.06. The molecule has 40 heavy (non-hydrogen) atoms. The van der Waals surface area contributed by atoms with Crippen molar-refractivity contribution in [3.05, 3.63) is 94.0 Å². The zero-order chi connectivity index (χ0) is 29.3. The monoisotopic (exact) mass is 603 g/mol. The summed E-state index contributed by atoms with van der Waals surface area (Å²) in [6.07, 6.45) is 2.07. The molecule has 0 unspecified atom stereocenters. The van der Waals surface area contributed by atoms with Gasteiger partial charge in [0, 0.05) is 13.1 Å².